The second kappa shape index (κ2) is 9.45. The number of hydrogen-bond donors (Lipinski definition) is 0. The van der Waals surface area contributed by atoms with Crippen molar-refractivity contribution in [3.05, 3.63) is 96.8 Å². The second-order valence-electron chi connectivity index (χ2n) is 7.17. The molecule has 0 amide bonds. The first-order valence-electron chi connectivity index (χ1n) is 9.96. The fourth-order valence-electron chi connectivity index (χ4n) is 3.33. The summed E-state index contributed by atoms with van der Waals surface area (Å²) in [7, 11) is 0. The van der Waals surface area contributed by atoms with Gasteiger partial charge in [0.2, 0.25) is 11.2 Å². The van der Waals surface area contributed by atoms with Crippen molar-refractivity contribution in [3.63, 3.8) is 0 Å². The highest BCUT2D eigenvalue weighted by Gasteiger charge is 2.17. The van der Waals surface area contributed by atoms with E-state index in [1.807, 2.05) is 6.92 Å². The Morgan fingerprint density at radius 1 is 0.969 bits per heavy atom. The molecule has 0 N–H and O–H groups in total. The van der Waals surface area contributed by atoms with Crippen LogP contribution >= 0.6 is 34.8 Å². The van der Waals surface area contributed by atoms with Gasteiger partial charge in [-0.25, -0.2) is 0 Å². The van der Waals surface area contributed by atoms with E-state index >= 15 is 0 Å². The number of halogens is 3. The molecule has 0 unspecified atom stereocenters. The van der Waals surface area contributed by atoms with Gasteiger partial charge in [-0.05, 0) is 61.4 Å². The molecule has 0 fully saturated rings. The standard InChI is InChI=1S/C25H19Cl3O4/c1-3-15-11-18-23(12-22(15)30-13-19-20(27)5-4-6-21(19)28)31-14(2)25(24(18)29)32-17-9-7-16(26)8-10-17/h4-12H,3,13H2,1-2H3. The minimum absolute atomic E-state index is 0.137. The first kappa shape index (κ1) is 22.5. The smallest absolute Gasteiger partial charge is 0.235 e. The van der Waals surface area contributed by atoms with Gasteiger partial charge in [0, 0.05) is 26.7 Å². The summed E-state index contributed by atoms with van der Waals surface area (Å²) in [5.74, 6) is 1.60. The monoisotopic (exact) mass is 488 g/mol. The number of hydrogen-bond acceptors (Lipinski definition) is 4. The van der Waals surface area contributed by atoms with Crippen LogP contribution < -0.4 is 14.9 Å². The average molecular weight is 490 g/mol. The van der Waals surface area contributed by atoms with Gasteiger partial charge in [-0.15, -0.1) is 0 Å². The Kier molecular flexibility index (Phi) is 6.66. The summed E-state index contributed by atoms with van der Waals surface area (Å²) in [4.78, 5) is 13.2. The third-order valence-electron chi connectivity index (χ3n) is 5.04. The minimum atomic E-state index is -0.255. The number of aryl methyl sites for hydroxylation is 2. The van der Waals surface area contributed by atoms with E-state index in [9.17, 15) is 4.79 Å². The largest absolute Gasteiger partial charge is 0.488 e. The van der Waals surface area contributed by atoms with Crippen LogP contribution in [0, 0.1) is 6.92 Å². The predicted octanol–water partition coefficient (Wildman–Crippen LogP) is 8.00. The van der Waals surface area contributed by atoms with Gasteiger partial charge >= 0.3 is 0 Å². The van der Waals surface area contributed by atoms with Gasteiger partial charge in [0.1, 0.15) is 29.4 Å². The van der Waals surface area contributed by atoms with Crippen LogP contribution in [-0.2, 0) is 13.0 Å². The predicted molar refractivity (Wildman–Crippen MR) is 129 cm³/mol. The molecule has 1 heterocycles. The van der Waals surface area contributed by atoms with E-state index in [-0.39, 0.29) is 17.8 Å². The molecule has 0 radical (unpaired) electrons. The summed E-state index contributed by atoms with van der Waals surface area (Å²) in [5.41, 5.74) is 1.71. The summed E-state index contributed by atoms with van der Waals surface area (Å²) in [6, 6.07) is 15.6. The van der Waals surface area contributed by atoms with Crippen LogP contribution in [-0.4, -0.2) is 0 Å². The van der Waals surface area contributed by atoms with E-state index in [4.69, 9.17) is 48.7 Å². The normalized spacial score (nSPS) is 11.0. The number of rotatable bonds is 6. The van der Waals surface area contributed by atoms with Gasteiger partial charge in [-0.1, -0.05) is 47.8 Å². The van der Waals surface area contributed by atoms with Crippen molar-refractivity contribution in [1.29, 1.82) is 0 Å². The zero-order valence-electron chi connectivity index (χ0n) is 17.4. The van der Waals surface area contributed by atoms with E-state index in [1.54, 1.807) is 61.5 Å². The first-order chi connectivity index (χ1) is 15.4. The molecule has 7 heteroatoms. The van der Waals surface area contributed by atoms with Crippen LogP contribution in [0.15, 0.2) is 63.8 Å². The fourth-order valence-corrected chi connectivity index (χ4v) is 3.96. The highest BCUT2D eigenvalue weighted by molar-refractivity contribution is 6.36. The summed E-state index contributed by atoms with van der Waals surface area (Å²) in [6.07, 6.45) is 0.655. The summed E-state index contributed by atoms with van der Waals surface area (Å²) >= 11 is 18.4. The van der Waals surface area contributed by atoms with Crippen LogP contribution in [0.1, 0.15) is 23.8 Å². The summed E-state index contributed by atoms with van der Waals surface area (Å²) in [6.45, 7) is 3.86. The average Bonchev–Trinajstić information content (AvgIpc) is 2.77. The van der Waals surface area contributed by atoms with Gasteiger partial charge in [0.15, 0.2) is 0 Å². The molecule has 0 saturated heterocycles. The van der Waals surface area contributed by atoms with Crippen LogP contribution in [0.3, 0.4) is 0 Å². The lowest BCUT2D eigenvalue weighted by molar-refractivity contribution is 0.303. The van der Waals surface area contributed by atoms with Crippen molar-refractivity contribution in [1.82, 2.24) is 0 Å². The lowest BCUT2D eigenvalue weighted by Gasteiger charge is -2.14. The molecule has 0 aliphatic carbocycles. The molecule has 0 aliphatic rings. The van der Waals surface area contributed by atoms with E-state index in [2.05, 4.69) is 0 Å². The molecule has 4 rings (SSSR count). The number of benzene rings is 3. The van der Waals surface area contributed by atoms with Gasteiger partial charge < -0.3 is 13.9 Å². The molecular formula is C25H19Cl3O4. The summed E-state index contributed by atoms with van der Waals surface area (Å²) in [5, 5.41) is 2.06. The molecular weight excluding hydrogens is 471 g/mol. The Morgan fingerprint density at radius 2 is 1.66 bits per heavy atom. The van der Waals surface area contributed by atoms with Crippen molar-refractivity contribution in [2.24, 2.45) is 0 Å². The SMILES string of the molecule is CCc1cc2c(=O)c(Oc3ccc(Cl)cc3)c(C)oc2cc1OCc1c(Cl)cccc1Cl. The Hall–Kier alpha value is -2.66. The topological polar surface area (TPSA) is 48.7 Å². The highest BCUT2D eigenvalue weighted by Crippen LogP contribution is 2.32. The molecule has 1 aromatic heterocycles. The van der Waals surface area contributed by atoms with E-state index in [0.29, 0.717) is 55.3 Å². The van der Waals surface area contributed by atoms with Crippen molar-refractivity contribution in [3.8, 4) is 17.2 Å². The van der Waals surface area contributed by atoms with Crippen LogP contribution in [0.4, 0.5) is 0 Å². The third kappa shape index (κ3) is 4.58. The zero-order valence-corrected chi connectivity index (χ0v) is 19.6. The Labute approximate surface area is 200 Å². The number of ether oxygens (including phenoxy) is 2. The Morgan fingerprint density at radius 3 is 2.31 bits per heavy atom. The van der Waals surface area contributed by atoms with Crippen LogP contribution in [0.2, 0.25) is 15.1 Å². The Balaban J connectivity index is 1.71. The lowest BCUT2D eigenvalue weighted by Crippen LogP contribution is -2.08. The van der Waals surface area contributed by atoms with Crippen LogP contribution in [0.5, 0.6) is 17.2 Å². The van der Waals surface area contributed by atoms with Gasteiger partial charge in [0.25, 0.3) is 0 Å². The molecule has 32 heavy (non-hydrogen) atoms. The molecule has 164 valence electrons. The van der Waals surface area contributed by atoms with E-state index < -0.39 is 0 Å². The quantitative estimate of drug-likeness (QED) is 0.275. The summed E-state index contributed by atoms with van der Waals surface area (Å²) < 4.78 is 17.8. The lowest BCUT2D eigenvalue weighted by atomic mass is 10.1. The molecule has 0 saturated carbocycles. The highest BCUT2D eigenvalue weighted by atomic mass is 35.5. The second-order valence-corrected chi connectivity index (χ2v) is 8.42. The molecule has 4 aromatic rings. The van der Waals surface area contributed by atoms with Crippen LogP contribution in [0.25, 0.3) is 11.0 Å². The van der Waals surface area contributed by atoms with E-state index in [0.717, 1.165) is 5.56 Å². The molecule has 0 aliphatic heterocycles. The molecule has 0 bridgehead atoms. The minimum Gasteiger partial charge on any atom is -0.488 e. The van der Waals surface area contributed by atoms with Crippen molar-refractivity contribution >= 4 is 45.8 Å². The fraction of sp³-hybridized carbons (Fsp3) is 0.160. The maximum atomic E-state index is 13.2. The van der Waals surface area contributed by atoms with E-state index in [1.165, 1.54) is 0 Å². The van der Waals surface area contributed by atoms with Gasteiger partial charge in [0.05, 0.1) is 5.39 Å². The van der Waals surface area contributed by atoms with Crippen molar-refractivity contribution < 1.29 is 13.9 Å². The van der Waals surface area contributed by atoms with Crippen molar-refractivity contribution in [2.45, 2.75) is 26.9 Å². The molecule has 0 spiro atoms. The third-order valence-corrected chi connectivity index (χ3v) is 6.00. The zero-order chi connectivity index (χ0) is 22.8. The maximum absolute atomic E-state index is 13.2. The van der Waals surface area contributed by atoms with Gasteiger partial charge in [-0.3, -0.25) is 4.79 Å². The molecule has 0 atom stereocenters. The molecule has 4 nitrogen and oxygen atoms in total. The molecule has 3 aromatic carbocycles. The maximum Gasteiger partial charge on any atom is 0.235 e. The van der Waals surface area contributed by atoms with Gasteiger partial charge in [-0.2, -0.15) is 0 Å². The number of fused-ring (bicyclic) bond motifs is 1. The Bertz CT molecular complexity index is 1320. The first-order valence-corrected chi connectivity index (χ1v) is 11.1. The van der Waals surface area contributed by atoms with Crippen molar-refractivity contribution in [2.75, 3.05) is 0 Å².